The summed E-state index contributed by atoms with van der Waals surface area (Å²) in [5.74, 6) is -1.12. The lowest BCUT2D eigenvalue weighted by atomic mass is 10.1. The third-order valence-electron chi connectivity index (χ3n) is 3.06. The largest absolute Gasteiger partial charge is 0.416 e. The molecule has 0 atom stereocenters. The van der Waals surface area contributed by atoms with Crippen LogP contribution in [-0.2, 0) is 16.6 Å². The Morgan fingerprint density at radius 3 is 2.65 bits per heavy atom. The fraction of sp³-hybridized carbons (Fsp3) is 0.267. The molecule has 2 rings (SSSR count). The minimum absolute atomic E-state index is 0.00728. The first-order chi connectivity index (χ1) is 12.2. The Kier molecular flexibility index (Phi) is 6.38. The molecule has 1 aromatic carbocycles. The predicted octanol–water partition coefficient (Wildman–Crippen LogP) is 4.13. The van der Waals surface area contributed by atoms with Gasteiger partial charge in [-0.15, -0.1) is 0 Å². The van der Waals surface area contributed by atoms with E-state index in [0.29, 0.717) is 5.56 Å². The van der Waals surface area contributed by atoms with Gasteiger partial charge in [-0.3, -0.25) is 0 Å². The van der Waals surface area contributed by atoms with Gasteiger partial charge in [-0.1, -0.05) is 34.4 Å². The average molecular weight is 408 g/mol. The first-order valence-electron chi connectivity index (χ1n) is 7.01. The maximum Gasteiger partial charge on any atom is 0.388 e. The molecule has 0 spiro atoms. The maximum absolute atomic E-state index is 12.5. The van der Waals surface area contributed by atoms with E-state index in [1.807, 2.05) is 0 Å². The summed E-state index contributed by atoms with van der Waals surface area (Å²) in [4.78, 5) is 16.7. The van der Waals surface area contributed by atoms with Crippen molar-refractivity contribution in [1.82, 2.24) is 9.78 Å². The van der Waals surface area contributed by atoms with Crippen molar-refractivity contribution in [1.29, 1.82) is 0 Å². The first kappa shape index (κ1) is 19.9. The van der Waals surface area contributed by atoms with E-state index in [9.17, 15) is 13.6 Å². The Morgan fingerprint density at radius 1 is 1.35 bits per heavy atom. The van der Waals surface area contributed by atoms with Gasteiger partial charge in [-0.25, -0.2) is 9.48 Å². The molecule has 2 aromatic rings. The molecule has 0 aliphatic heterocycles. The van der Waals surface area contributed by atoms with Gasteiger partial charge < -0.3 is 14.3 Å². The van der Waals surface area contributed by atoms with Crippen molar-refractivity contribution in [3.05, 3.63) is 33.8 Å². The maximum atomic E-state index is 12.5. The highest BCUT2D eigenvalue weighted by atomic mass is 35.5. The molecule has 1 heterocycles. The number of ether oxygens (including phenoxy) is 2. The van der Waals surface area contributed by atoms with Gasteiger partial charge >= 0.3 is 12.6 Å². The molecule has 0 unspecified atom stereocenters. The van der Waals surface area contributed by atoms with Gasteiger partial charge in [0.15, 0.2) is 0 Å². The number of alkyl halides is 2. The quantitative estimate of drug-likeness (QED) is 0.322. The monoisotopic (exact) mass is 407 g/mol. The zero-order valence-corrected chi connectivity index (χ0v) is 15.3. The zero-order chi connectivity index (χ0) is 19.4. The summed E-state index contributed by atoms with van der Waals surface area (Å²) in [5.41, 5.74) is 0.498. The third-order valence-corrected chi connectivity index (χ3v) is 3.73. The second kappa shape index (κ2) is 8.33. The minimum Gasteiger partial charge on any atom is -0.416 e. The number of hydrogen-bond acceptors (Lipinski definition) is 6. The van der Waals surface area contributed by atoms with E-state index in [2.05, 4.69) is 19.8 Å². The summed E-state index contributed by atoms with van der Waals surface area (Å²) in [7, 11) is 2.69. The third kappa shape index (κ3) is 4.41. The molecular formula is C15H13Cl2F2N3O4. The van der Waals surface area contributed by atoms with Crippen LogP contribution in [0, 0.1) is 0 Å². The number of hydrogen-bond donors (Lipinski definition) is 0. The van der Waals surface area contributed by atoms with Crippen molar-refractivity contribution in [2.24, 2.45) is 12.2 Å². The highest BCUT2D eigenvalue weighted by Crippen LogP contribution is 2.36. The van der Waals surface area contributed by atoms with Crippen LogP contribution in [0.15, 0.2) is 23.4 Å². The van der Waals surface area contributed by atoms with Crippen molar-refractivity contribution in [2.75, 3.05) is 7.11 Å². The number of esters is 1. The molecule has 0 N–H and O–H groups in total. The Morgan fingerprint density at radius 2 is 2.04 bits per heavy atom. The summed E-state index contributed by atoms with van der Waals surface area (Å²) < 4.78 is 35.3. The number of rotatable bonds is 5. The number of oxime groups is 1. The second-order valence-corrected chi connectivity index (χ2v) is 5.63. The molecule has 0 aliphatic carbocycles. The van der Waals surface area contributed by atoms with Gasteiger partial charge in [-0.05, 0) is 12.1 Å². The molecule has 140 valence electrons. The Balaban J connectivity index is 2.41. The molecule has 0 amide bonds. The summed E-state index contributed by atoms with van der Waals surface area (Å²) in [5, 5.41) is 7.48. The molecule has 1 aromatic heterocycles. The zero-order valence-electron chi connectivity index (χ0n) is 13.8. The lowest BCUT2D eigenvalue weighted by Gasteiger charge is -2.07. The topological polar surface area (TPSA) is 74.9 Å². The van der Waals surface area contributed by atoms with Crippen molar-refractivity contribution in [2.45, 2.75) is 13.5 Å². The van der Waals surface area contributed by atoms with Gasteiger partial charge in [0.2, 0.25) is 11.8 Å². The number of aromatic nitrogens is 2. The van der Waals surface area contributed by atoms with E-state index >= 15 is 0 Å². The molecule has 0 bridgehead atoms. The van der Waals surface area contributed by atoms with Gasteiger partial charge in [0.05, 0.1) is 10.6 Å². The number of carbonyl (C=O) groups excluding carboxylic acids is 1. The SMILES string of the molecule is CON=C(C)OC(=O)c1cc(-c2nn(C)c(OC(F)F)c2Cl)ccc1Cl. The Bertz CT molecular complexity index is 856. The predicted molar refractivity (Wildman–Crippen MR) is 90.8 cm³/mol. The van der Waals surface area contributed by atoms with Crippen LogP contribution in [0.5, 0.6) is 5.88 Å². The van der Waals surface area contributed by atoms with Crippen LogP contribution in [-0.4, -0.2) is 35.4 Å². The molecule has 0 saturated carbocycles. The van der Waals surface area contributed by atoms with Crippen LogP contribution in [0.25, 0.3) is 11.3 Å². The molecule has 0 radical (unpaired) electrons. The van der Waals surface area contributed by atoms with Crippen LogP contribution in [0.1, 0.15) is 17.3 Å². The summed E-state index contributed by atoms with van der Waals surface area (Å²) >= 11 is 12.1. The van der Waals surface area contributed by atoms with Crippen LogP contribution in [0.3, 0.4) is 0 Å². The van der Waals surface area contributed by atoms with Gasteiger partial charge in [-0.2, -0.15) is 13.9 Å². The van der Waals surface area contributed by atoms with Crippen molar-refractivity contribution >= 4 is 35.1 Å². The van der Waals surface area contributed by atoms with Crippen LogP contribution < -0.4 is 4.74 Å². The summed E-state index contributed by atoms with van der Waals surface area (Å²) in [6.07, 6.45) is 0. The van der Waals surface area contributed by atoms with E-state index in [-0.39, 0.29) is 33.1 Å². The number of halogens is 4. The highest BCUT2D eigenvalue weighted by Gasteiger charge is 2.22. The normalized spacial score (nSPS) is 11.6. The van der Waals surface area contributed by atoms with E-state index in [1.165, 1.54) is 39.3 Å². The smallest absolute Gasteiger partial charge is 0.388 e. The van der Waals surface area contributed by atoms with Crippen molar-refractivity contribution < 1.29 is 27.9 Å². The fourth-order valence-corrected chi connectivity index (χ4v) is 2.55. The molecule has 0 fully saturated rings. The van der Waals surface area contributed by atoms with Gasteiger partial charge in [0.1, 0.15) is 17.8 Å². The van der Waals surface area contributed by atoms with Crippen LogP contribution in [0.2, 0.25) is 10.0 Å². The van der Waals surface area contributed by atoms with Crippen molar-refractivity contribution in [3.8, 4) is 17.1 Å². The van der Waals surface area contributed by atoms with Gasteiger partial charge in [0, 0.05) is 19.5 Å². The number of carbonyl (C=O) groups is 1. The average Bonchev–Trinajstić information content (AvgIpc) is 2.83. The minimum atomic E-state index is -3.06. The Hall–Kier alpha value is -2.39. The second-order valence-electron chi connectivity index (χ2n) is 4.85. The van der Waals surface area contributed by atoms with Crippen LogP contribution >= 0.6 is 23.2 Å². The lowest BCUT2D eigenvalue weighted by Crippen LogP contribution is -2.10. The van der Waals surface area contributed by atoms with E-state index < -0.39 is 12.6 Å². The number of nitrogens with zero attached hydrogens (tertiary/aromatic N) is 3. The highest BCUT2D eigenvalue weighted by molar-refractivity contribution is 6.35. The number of aryl methyl sites for hydroxylation is 1. The number of benzene rings is 1. The molecular weight excluding hydrogens is 395 g/mol. The molecule has 11 heteroatoms. The van der Waals surface area contributed by atoms with E-state index in [4.69, 9.17) is 27.9 Å². The van der Waals surface area contributed by atoms with Crippen molar-refractivity contribution in [3.63, 3.8) is 0 Å². The summed E-state index contributed by atoms with van der Waals surface area (Å²) in [6, 6.07) is 4.32. The fourth-order valence-electron chi connectivity index (χ4n) is 2.04. The lowest BCUT2D eigenvalue weighted by molar-refractivity contribution is -0.0552. The molecule has 0 saturated heterocycles. The van der Waals surface area contributed by atoms with E-state index in [1.54, 1.807) is 0 Å². The molecule has 7 nitrogen and oxygen atoms in total. The van der Waals surface area contributed by atoms with Gasteiger partial charge in [0.25, 0.3) is 0 Å². The molecule has 0 aliphatic rings. The first-order valence-corrected chi connectivity index (χ1v) is 7.77. The van der Waals surface area contributed by atoms with E-state index in [0.717, 1.165) is 4.68 Å². The summed E-state index contributed by atoms with van der Waals surface area (Å²) in [6.45, 7) is -1.64. The standard InChI is InChI=1S/C15H13Cl2F2N3O4/c1-7(21-24-3)25-14(23)9-6-8(4-5-10(9)16)12-11(17)13(22(2)20-12)26-15(18)19/h4-6,15H,1-3H3. The Labute approximate surface area is 157 Å². The van der Waals surface area contributed by atoms with Crippen LogP contribution in [0.4, 0.5) is 8.78 Å². The molecule has 26 heavy (non-hydrogen) atoms.